The predicted molar refractivity (Wildman–Crippen MR) is 383 cm³/mol. The molecule has 0 radical (unpaired) electrons. The molecule has 4 rings (SSSR count). The van der Waals surface area contributed by atoms with Crippen molar-refractivity contribution in [2.75, 3.05) is 76.6 Å². The van der Waals surface area contributed by atoms with E-state index in [1.165, 1.54) is 87.7 Å². The van der Waals surface area contributed by atoms with Crippen molar-refractivity contribution in [3.8, 4) is 0 Å². The summed E-state index contributed by atoms with van der Waals surface area (Å²) in [6, 6.07) is 0.699. The first-order valence-corrected chi connectivity index (χ1v) is 35.3. The molecular formula is C74H120N12O13. The zero-order valence-corrected chi connectivity index (χ0v) is 63.7. The molecule has 1 heterocycles. The molecule has 1 fully saturated rings. The quantitative estimate of drug-likeness (QED) is 0.134. The van der Waals surface area contributed by atoms with Crippen molar-refractivity contribution in [2.45, 2.75) is 215 Å². The largest absolute Gasteiger partial charge is 0.390 e. The van der Waals surface area contributed by atoms with Gasteiger partial charge in [-0.25, -0.2) is 0 Å². The van der Waals surface area contributed by atoms with Crippen LogP contribution in [0.2, 0.25) is 0 Å². The van der Waals surface area contributed by atoms with Crippen LogP contribution in [-0.2, 0) is 57.5 Å². The Morgan fingerprint density at radius 2 is 0.949 bits per heavy atom. The minimum atomic E-state index is -1.72. The lowest BCUT2D eigenvalue weighted by atomic mass is 9.74. The van der Waals surface area contributed by atoms with E-state index in [1.807, 2.05) is 109 Å². The fraction of sp³-hybridized carbons (Fsp3) is 0.689. The first kappa shape index (κ1) is 83.9. The Bertz CT molecular complexity index is 3190. The summed E-state index contributed by atoms with van der Waals surface area (Å²) in [5.74, 6) is -10.6. The van der Waals surface area contributed by atoms with Gasteiger partial charge >= 0.3 is 0 Å². The number of allylic oxidation sites excluding steroid dienone is 1. The number of nitrogens with one attached hydrogen (secondary N) is 4. The smallest absolute Gasteiger partial charge is 0.273 e. The molecule has 0 bridgehead atoms. The van der Waals surface area contributed by atoms with E-state index in [9.17, 15) is 29.1 Å². The molecule has 11 amide bonds. The molecule has 1 aliphatic heterocycles. The standard InChI is InChI=1S/C74H120N12O13/c1-25-54-68(93)86(24)74(99-35-34-79(16)17)73(98)81(19)56(37-42(4)5)65(90)78-59(45(10)11)71(96)80(18)55(36-41(2)3)64(89)75-47(14)63(88)76-48(15)67(92)82(20)57(38-43(6)7)69(94)83(21)58(39-44(8)9)70(95)84(22)60(46(12)13)72(97)85(23)61(66(91)77-54)62(87)53-33-32-52(53)51-31-30-49-28-26-27-29-50(49)40-51/h26-32,40-48,53-62,74,87H,25,33-39H2,1-24H3,(H,75,89)(H,76,88)(H,77,91)(H,78,90)/t47-,48+,53+,54-,55-,56-,57-,58-,59?,60?,61?,62+,74?/m0/s1. The van der Waals surface area contributed by atoms with E-state index in [0.717, 1.165) is 31.7 Å². The first-order valence-electron chi connectivity index (χ1n) is 35.3. The third-order valence-electron chi connectivity index (χ3n) is 19.2. The zero-order chi connectivity index (χ0) is 75.1. The number of ether oxygens (including phenoxy) is 1. The highest BCUT2D eigenvalue weighted by Gasteiger charge is 2.48. The third-order valence-corrected chi connectivity index (χ3v) is 19.2. The lowest BCUT2D eigenvalue weighted by molar-refractivity contribution is -0.168. The van der Waals surface area contributed by atoms with Crippen molar-refractivity contribution >= 4 is 81.3 Å². The summed E-state index contributed by atoms with van der Waals surface area (Å²) in [4.78, 5) is 175. The van der Waals surface area contributed by atoms with Gasteiger partial charge in [-0.15, -0.1) is 0 Å². The minimum Gasteiger partial charge on any atom is -0.390 e. The van der Waals surface area contributed by atoms with E-state index in [4.69, 9.17) is 4.74 Å². The number of aliphatic hydroxyl groups is 1. The Morgan fingerprint density at radius 1 is 0.485 bits per heavy atom. The van der Waals surface area contributed by atoms with Crippen LogP contribution >= 0.6 is 0 Å². The van der Waals surface area contributed by atoms with Crippen LogP contribution in [0.1, 0.15) is 148 Å². The maximum Gasteiger partial charge on any atom is 0.273 e. The number of nitrogens with zero attached hydrogens (tertiary/aromatic N) is 8. The molecular weight excluding hydrogens is 1260 g/mol. The molecule has 0 aromatic heterocycles. The lowest BCUT2D eigenvalue weighted by Gasteiger charge is -2.43. The molecule has 2 aromatic rings. The average molecular weight is 1390 g/mol. The predicted octanol–water partition coefficient (Wildman–Crippen LogP) is 4.83. The summed E-state index contributed by atoms with van der Waals surface area (Å²) in [6.07, 6.45) is -0.627. The van der Waals surface area contributed by atoms with Gasteiger partial charge in [-0.2, -0.15) is 0 Å². The topological polar surface area (TPSA) is 291 Å². The summed E-state index contributed by atoms with van der Waals surface area (Å²) < 4.78 is 6.30. The molecule has 0 saturated carbocycles. The highest BCUT2D eigenvalue weighted by Crippen LogP contribution is 2.41. The zero-order valence-electron chi connectivity index (χ0n) is 63.7. The SMILES string of the molecule is CC[C@@H]1NC(=O)C([C@H](O)[C@@H]2CC=C2c2ccc3ccccc3c2)N(C)C(=O)C(C(C)C)N(C)C(=O)[C@H](CC(C)C)N(C)C(=O)[C@H](CC(C)C)N(C)C(=O)[C@@H](C)NC(=O)[C@H](C)NC(=O)[C@H](CC(C)C)N(C)C(=O)C(C(C)C)NC(=O)[C@H](CC(C)C)N(C)C(=O)C(OCCN(C)C)N(C)C1=O. The van der Waals surface area contributed by atoms with Crippen LogP contribution in [-0.4, -0.2) is 259 Å². The molecule has 0 spiro atoms. The molecule has 554 valence electrons. The number of aliphatic hydroxyl groups excluding tert-OH is 1. The number of carbonyl (C=O) groups is 11. The van der Waals surface area contributed by atoms with Crippen molar-refractivity contribution < 1.29 is 62.6 Å². The summed E-state index contributed by atoms with van der Waals surface area (Å²) in [7, 11) is 13.5. The van der Waals surface area contributed by atoms with Gasteiger partial charge in [-0.1, -0.05) is 132 Å². The number of likely N-dealkylation sites (N-methyl/N-ethyl adjacent to an activating group) is 8. The van der Waals surface area contributed by atoms with Crippen LogP contribution in [0.15, 0.2) is 48.5 Å². The fourth-order valence-corrected chi connectivity index (χ4v) is 13.0. The van der Waals surface area contributed by atoms with Crippen LogP contribution < -0.4 is 21.3 Å². The number of fused-ring (bicyclic) bond motifs is 1. The second kappa shape index (κ2) is 37.2. The van der Waals surface area contributed by atoms with Gasteiger partial charge in [0.2, 0.25) is 65.3 Å². The maximum atomic E-state index is 15.7. The fourth-order valence-electron chi connectivity index (χ4n) is 13.0. The Labute approximate surface area is 589 Å². The normalized spacial score (nSPS) is 26.6. The summed E-state index contributed by atoms with van der Waals surface area (Å²) >= 11 is 0. The van der Waals surface area contributed by atoms with Crippen LogP contribution in [0.3, 0.4) is 0 Å². The Hall–Kier alpha value is -7.51. The molecule has 25 heteroatoms. The molecule has 2 aromatic carbocycles. The number of hydrogen-bond acceptors (Lipinski definition) is 14. The van der Waals surface area contributed by atoms with E-state index in [0.29, 0.717) is 13.0 Å². The number of hydrogen-bond donors (Lipinski definition) is 5. The Balaban J connectivity index is 2.00. The summed E-state index contributed by atoms with van der Waals surface area (Å²) in [6.45, 7) is 26.6. The van der Waals surface area contributed by atoms with Crippen molar-refractivity contribution in [2.24, 2.45) is 41.4 Å². The monoisotopic (exact) mass is 1380 g/mol. The van der Waals surface area contributed by atoms with Crippen LogP contribution in [0.5, 0.6) is 0 Å². The second-order valence-electron chi connectivity index (χ2n) is 30.1. The highest BCUT2D eigenvalue weighted by atomic mass is 16.5. The van der Waals surface area contributed by atoms with Gasteiger partial charge in [0.15, 0.2) is 0 Å². The van der Waals surface area contributed by atoms with Gasteiger partial charge in [0.25, 0.3) is 5.91 Å². The molecule has 13 atom stereocenters. The molecule has 2 aliphatic rings. The molecule has 4 unspecified atom stereocenters. The summed E-state index contributed by atoms with van der Waals surface area (Å²) in [5, 5.41) is 26.0. The number of amides is 11. The Morgan fingerprint density at radius 3 is 1.43 bits per heavy atom. The van der Waals surface area contributed by atoms with Gasteiger partial charge in [0.05, 0.1) is 12.7 Å². The van der Waals surface area contributed by atoms with Crippen molar-refractivity contribution in [3.63, 3.8) is 0 Å². The van der Waals surface area contributed by atoms with E-state index < -0.39 is 155 Å². The van der Waals surface area contributed by atoms with Gasteiger partial charge in [0.1, 0.15) is 60.4 Å². The van der Waals surface area contributed by atoms with Crippen molar-refractivity contribution in [3.05, 3.63) is 54.1 Å². The van der Waals surface area contributed by atoms with Crippen molar-refractivity contribution in [1.82, 2.24) is 60.5 Å². The van der Waals surface area contributed by atoms with E-state index in [-0.39, 0.29) is 62.4 Å². The first-order chi connectivity index (χ1) is 46.1. The van der Waals surface area contributed by atoms with Gasteiger partial charge in [-0.3, -0.25) is 52.7 Å². The highest BCUT2D eigenvalue weighted by molar-refractivity contribution is 6.00. The molecule has 25 nitrogen and oxygen atoms in total. The second-order valence-corrected chi connectivity index (χ2v) is 30.1. The van der Waals surface area contributed by atoms with E-state index in [1.54, 1.807) is 48.7 Å². The number of carbonyl (C=O) groups excluding carboxylic acids is 11. The van der Waals surface area contributed by atoms with Crippen LogP contribution in [0, 0.1) is 41.4 Å². The molecule has 99 heavy (non-hydrogen) atoms. The number of benzene rings is 2. The van der Waals surface area contributed by atoms with E-state index in [2.05, 4.69) is 21.3 Å². The Kier molecular flexibility index (Phi) is 31.6. The summed E-state index contributed by atoms with van der Waals surface area (Å²) in [5.41, 5.74) is 1.51. The lowest BCUT2D eigenvalue weighted by Crippen LogP contribution is -2.64. The minimum absolute atomic E-state index is 0.0585. The third kappa shape index (κ3) is 21.5. The van der Waals surface area contributed by atoms with Crippen molar-refractivity contribution in [1.29, 1.82) is 0 Å². The average Bonchev–Trinajstić information content (AvgIpc) is 0.773. The van der Waals surface area contributed by atoms with Gasteiger partial charge in [-0.05, 0) is 130 Å². The van der Waals surface area contributed by atoms with Gasteiger partial charge < -0.3 is 70.3 Å². The molecule has 5 N–H and O–H groups in total. The maximum absolute atomic E-state index is 15.7. The van der Waals surface area contributed by atoms with Gasteiger partial charge in [0, 0.05) is 61.8 Å². The molecule has 1 aliphatic carbocycles. The van der Waals surface area contributed by atoms with E-state index >= 15 is 28.8 Å². The van der Waals surface area contributed by atoms with Crippen LogP contribution in [0.4, 0.5) is 0 Å². The number of rotatable bonds is 18. The molecule has 1 saturated heterocycles. The van der Waals surface area contributed by atoms with Crippen LogP contribution in [0.25, 0.3) is 16.3 Å².